The molecule has 1 aliphatic heterocycles. The van der Waals surface area contributed by atoms with Crippen LogP contribution >= 0.6 is 0 Å². The first-order chi connectivity index (χ1) is 13.8. The third-order valence-electron chi connectivity index (χ3n) is 5.35. The number of hydrogen-bond donors (Lipinski definition) is 1. The molecule has 2 aromatic carbocycles. The average molecular weight is 411 g/mol. The lowest BCUT2D eigenvalue weighted by Crippen LogP contribution is -2.35. The average Bonchev–Trinajstić information content (AvgIpc) is 3.14. The molecule has 0 fully saturated rings. The normalized spacial score (nSPS) is 13.7. The smallest absolute Gasteiger partial charge is 0.251 e. The van der Waals surface area contributed by atoms with Crippen LogP contribution in [0.25, 0.3) is 10.9 Å². The monoisotopic (exact) mass is 411 g/mol. The van der Waals surface area contributed by atoms with Gasteiger partial charge in [0.05, 0.1) is 10.4 Å². The second-order valence-electron chi connectivity index (χ2n) is 7.06. The van der Waals surface area contributed by atoms with Crippen LogP contribution in [0.2, 0.25) is 0 Å². The van der Waals surface area contributed by atoms with Gasteiger partial charge in [0.25, 0.3) is 5.56 Å². The molecule has 0 saturated heterocycles. The number of pyridine rings is 1. The van der Waals surface area contributed by atoms with Gasteiger partial charge in [-0.25, -0.2) is 13.1 Å². The topological polar surface area (TPSA) is 88.5 Å². The lowest BCUT2D eigenvalue weighted by Gasteiger charge is -2.19. The summed E-state index contributed by atoms with van der Waals surface area (Å²) in [6, 6.07) is 13.8. The van der Waals surface area contributed by atoms with Gasteiger partial charge in [-0.15, -0.1) is 0 Å². The predicted octanol–water partition coefficient (Wildman–Crippen LogP) is 1.81. The van der Waals surface area contributed by atoms with Gasteiger partial charge in [-0.05, 0) is 55.8 Å². The maximum Gasteiger partial charge on any atom is 0.251 e. The first-order valence-corrected chi connectivity index (χ1v) is 10.8. The Labute approximate surface area is 168 Å². The van der Waals surface area contributed by atoms with Crippen LogP contribution in [-0.4, -0.2) is 32.5 Å². The molecule has 150 valence electrons. The maximum absolute atomic E-state index is 13.0. The molecule has 2 heterocycles. The molecule has 0 atom stereocenters. The van der Waals surface area contributed by atoms with Gasteiger partial charge in [-0.2, -0.15) is 0 Å². The van der Waals surface area contributed by atoms with Crippen LogP contribution < -0.4 is 15.2 Å². The third kappa shape index (κ3) is 3.34. The number of benzene rings is 2. The van der Waals surface area contributed by atoms with Crippen LogP contribution in [0.5, 0.6) is 0 Å². The van der Waals surface area contributed by atoms with Crippen molar-refractivity contribution in [1.29, 1.82) is 0 Å². The van der Waals surface area contributed by atoms with E-state index in [1.165, 1.54) is 17.7 Å². The van der Waals surface area contributed by atoms with E-state index < -0.39 is 10.0 Å². The van der Waals surface area contributed by atoms with E-state index >= 15 is 0 Å². The predicted molar refractivity (Wildman–Crippen MR) is 112 cm³/mol. The molecular formula is C21H21N3O4S. The van der Waals surface area contributed by atoms with Crippen molar-refractivity contribution >= 4 is 32.5 Å². The highest BCUT2D eigenvalue weighted by Crippen LogP contribution is 2.30. The van der Waals surface area contributed by atoms with Crippen molar-refractivity contribution in [3.63, 3.8) is 0 Å². The molecule has 4 rings (SSSR count). The Hall–Kier alpha value is -2.97. The summed E-state index contributed by atoms with van der Waals surface area (Å²) in [6.45, 7) is 2.26. The fourth-order valence-electron chi connectivity index (χ4n) is 3.81. The molecule has 0 radical (unpaired) electrons. The van der Waals surface area contributed by atoms with E-state index in [0.29, 0.717) is 18.7 Å². The van der Waals surface area contributed by atoms with Crippen LogP contribution in [0.4, 0.5) is 5.69 Å². The van der Waals surface area contributed by atoms with Crippen molar-refractivity contribution in [3.05, 3.63) is 70.0 Å². The zero-order valence-electron chi connectivity index (χ0n) is 16.2. The third-order valence-corrected chi connectivity index (χ3v) is 6.76. The maximum atomic E-state index is 13.0. The highest BCUT2D eigenvalue weighted by molar-refractivity contribution is 7.89. The molecule has 0 unspecified atom stereocenters. The zero-order valence-corrected chi connectivity index (χ0v) is 17.0. The molecule has 1 aromatic heterocycles. The van der Waals surface area contributed by atoms with E-state index in [1.54, 1.807) is 23.1 Å². The van der Waals surface area contributed by atoms with Crippen LogP contribution in [-0.2, 0) is 27.8 Å². The highest BCUT2D eigenvalue weighted by atomic mass is 32.2. The SMILES string of the molecule is CNS(=O)(=O)c1ccc2c(c1)CCN2C(=O)Cn1c(=O)cc(C)c2ccccc21. The Morgan fingerprint density at radius 2 is 1.90 bits per heavy atom. The van der Waals surface area contributed by atoms with Gasteiger partial charge in [0.2, 0.25) is 15.9 Å². The molecule has 8 heteroatoms. The fourth-order valence-corrected chi connectivity index (χ4v) is 4.59. The van der Waals surface area contributed by atoms with Gasteiger partial charge in [0, 0.05) is 23.7 Å². The Kier molecular flexibility index (Phi) is 4.76. The number of fused-ring (bicyclic) bond motifs is 2. The summed E-state index contributed by atoms with van der Waals surface area (Å²) in [5.74, 6) is -0.205. The standard InChI is InChI=1S/C21H21N3O4S/c1-14-11-20(25)24(19-6-4-3-5-17(14)19)13-21(26)23-10-9-15-12-16(7-8-18(15)23)29(27,28)22-2/h3-8,11-12,22H,9-10,13H2,1-2H3. The molecule has 3 aromatic rings. The van der Waals surface area contributed by atoms with Crippen LogP contribution in [0, 0.1) is 6.92 Å². The summed E-state index contributed by atoms with van der Waals surface area (Å²) >= 11 is 0. The number of nitrogens with one attached hydrogen (secondary N) is 1. The number of amides is 1. The van der Waals surface area contributed by atoms with E-state index in [4.69, 9.17) is 0 Å². The number of carbonyl (C=O) groups is 1. The minimum absolute atomic E-state index is 0.0738. The number of anilines is 1. The van der Waals surface area contributed by atoms with E-state index in [-0.39, 0.29) is 22.9 Å². The Bertz CT molecular complexity index is 1300. The Morgan fingerprint density at radius 3 is 2.66 bits per heavy atom. The number of para-hydroxylation sites is 1. The van der Waals surface area contributed by atoms with Crippen molar-refractivity contribution in [2.75, 3.05) is 18.5 Å². The van der Waals surface area contributed by atoms with E-state index in [1.807, 2.05) is 31.2 Å². The summed E-state index contributed by atoms with van der Waals surface area (Å²) in [6.07, 6.45) is 0.567. The van der Waals surface area contributed by atoms with Gasteiger partial charge in [0.15, 0.2) is 0 Å². The van der Waals surface area contributed by atoms with E-state index in [2.05, 4.69) is 4.72 Å². The number of rotatable bonds is 4. The lowest BCUT2D eigenvalue weighted by atomic mass is 10.1. The van der Waals surface area contributed by atoms with Gasteiger partial charge >= 0.3 is 0 Å². The second kappa shape index (κ2) is 7.13. The number of carbonyl (C=O) groups excluding carboxylic acids is 1. The van der Waals surface area contributed by atoms with Crippen molar-refractivity contribution in [3.8, 4) is 0 Å². The van der Waals surface area contributed by atoms with Gasteiger partial charge in [-0.3, -0.25) is 14.2 Å². The van der Waals surface area contributed by atoms with Gasteiger partial charge in [0.1, 0.15) is 6.54 Å². The summed E-state index contributed by atoms with van der Waals surface area (Å²) < 4.78 is 27.8. The lowest BCUT2D eigenvalue weighted by molar-refractivity contribution is -0.119. The molecule has 0 bridgehead atoms. The molecule has 1 aliphatic rings. The number of hydrogen-bond acceptors (Lipinski definition) is 4. The minimum Gasteiger partial charge on any atom is -0.310 e. The first kappa shape index (κ1) is 19.4. The van der Waals surface area contributed by atoms with Crippen LogP contribution in [0.1, 0.15) is 11.1 Å². The van der Waals surface area contributed by atoms with Crippen molar-refractivity contribution in [2.24, 2.45) is 0 Å². The number of aromatic nitrogens is 1. The number of sulfonamides is 1. The highest BCUT2D eigenvalue weighted by Gasteiger charge is 2.27. The van der Waals surface area contributed by atoms with Crippen LogP contribution in [0.3, 0.4) is 0 Å². The molecule has 0 spiro atoms. The zero-order chi connectivity index (χ0) is 20.8. The summed E-state index contributed by atoms with van der Waals surface area (Å²) in [5.41, 5.74) is 2.87. The first-order valence-electron chi connectivity index (χ1n) is 9.28. The summed E-state index contributed by atoms with van der Waals surface area (Å²) in [4.78, 5) is 27.4. The van der Waals surface area contributed by atoms with Gasteiger partial charge < -0.3 is 4.90 Å². The van der Waals surface area contributed by atoms with Gasteiger partial charge in [-0.1, -0.05) is 18.2 Å². The minimum atomic E-state index is -3.54. The second-order valence-corrected chi connectivity index (χ2v) is 8.95. The molecule has 0 saturated carbocycles. The van der Waals surface area contributed by atoms with Crippen molar-refractivity contribution in [2.45, 2.75) is 24.8 Å². The summed E-state index contributed by atoms with van der Waals surface area (Å²) in [7, 11) is -2.18. The van der Waals surface area contributed by atoms with Crippen molar-refractivity contribution in [1.82, 2.24) is 9.29 Å². The van der Waals surface area contributed by atoms with Crippen molar-refractivity contribution < 1.29 is 13.2 Å². The molecule has 7 nitrogen and oxygen atoms in total. The fraction of sp³-hybridized carbons (Fsp3) is 0.238. The van der Waals surface area contributed by atoms with Crippen LogP contribution in [0.15, 0.2) is 58.2 Å². The molecule has 1 N–H and O–H groups in total. The Balaban J connectivity index is 1.68. The molecular weight excluding hydrogens is 390 g/mol. The largest absolute Gasteiger partial charge is 0.310 e. The quantitative estimate of drug-likeness (QED) is 0.709. The molecule has 0 aliphatic carbocycles. The number of nitrogens with zero attached hydrogens (tertiary/aromatic N) is 2. The van der Waals surface area contributed by atoms with E-state index in [9.17, 15) is 18.0 Å². The Morgan fingerprint density at radius 1 is 1.14 bits per heavy atom. The molecule has 1 amide bonds. The summed E-state index contributed by atoms with van der Waals surface area (Å²) in [5, 5.41) is 0.934. The number of aryl methyl sites for hydroxylation is 1. The molecule has 29 heavy (non-hydrogen) atoms. The van der Waals surface area contributed by atoms with E-state index in [0.717, 1.165) is 22.0 Å².